The van der Waals surface area contributed by atoms with Gasteiger partial charge in [-0.25, -0.2) is 0 Å². The second kappa shape index (κ2) is 8.31. The number of piperazine rings is 1. The summed E-state index contributed by atoms with van der Waals surface area (Å²) in [7, 11) is 0. The summed E-state index contributed by atoms with van der Waals surface area (Å²) in [5.74, 6) is 0.118. The van der Waals surface area contributed by atoms with Crippen molar-refractivity contribution in [2.24, 2.45) is 0 Å². The number of hydrogen-bond donors (Lipinski definition) is 0. The van der Waals surface area contributed by atoms with Crippen molar-refractivity contribution in [1.82, 2.24) is 14.7 Å². The molecule has 2 aliphatic heterocycles. The van der Waals surface area contributed by atoms with Crippen LogP contribution in [0.25, 0.3) is 0 Å². The zero-order valence-corrected chi connectivity index (χ0v) is 17.4. The number of benzene rings is 1. The summed E-state index contributed by atoms with van der Waals surface area (Å²) >= 11 is 3.40. The minimum absolute atomic E-state index is 0.0251. The fourth-order valence-electron chi connectivity index (χ4n) is 4.81. The maximum absolute atomic E-state index is 13.1. The van der Waals surface area contributed by atoms with Gasteiger partial charge in [0.15, 0.2) is 0 Å². The molecule has 1 unspecified atom stereocenters. The number of hydrogen-bond acceptors (Lipinski definition) is 3. The van der Waals surface area contributed by atoms with Crippen molar-refractivity contribution in [3.63, 3.8) is 0 Å². The van der Waals surface area contributed by atoms with Gasteiger partial charge in [-0.05, 0) is 49.9 Å². The Hall–Kier alpha value is -1.40. The van der Waals surface area contributed by atoms with Gasteiger partial charge in [0.25, 0.3) is 5.91 Å². The highest BCUT2D eigenvalue weighted by Gasteiger charge is 2.38. The summed E-state index contributed by atoms with van der Waals surface area (Å²) in [6, 6.07) is 7.84. The van der Waals surface area contributed by atoms with E-state index in [0.29, 0.717) is 12.1 Å². The van der Waals surface area contributed by atoms with E-state index in [2.05, 4.69) is 20.8 Å². The first kappa shape index (κ1) is 18.9. The number of rotatable bonds is 3. The molecule has 2 saturated heterocycles. The van der Waals surface area contributed by atoms with Crippen molar-refractivity contribution >= 4 is 27.7 Å². The molecule has 27 heavy (non-hydrogen) atoms. The lowest BCUT2D eigenvalue weighted by Crippen LogP contribution is -2.55. The molecule has 1 aromatic carbocycles. The zero-order chi connectivity index (χ0) is 18.8. The summed E-state index contributed by atoms with van der Waals surface area (Å²) in [5.41, 5.74) is 0.656. The van der Waals surface area contributed by atoms with Gasteiger partial charge in [0, 0.05) is 48.8 Å². The van der Waals surface area contributed by atoms with E-state index in [0.717, 1.165) is 49.5 Å². The number of likely N-dealkylation sites (tertiary alicyclic amines) is 1. The van der Waals surface area contributed by atoms with Crippen LogP contribution in [0, 0.1) is 0 Å². The quantitative estimate of drug-likeness (QED) is 0.735. The Labute approximate surface area is 169 Å². The average molecular weight is 434 g/mol. The smallest absolute Gasteiger partial charge is 0.254 e. The number of amides is 2. The third-order valence-corrected chi connectivity index (χ3v) is 6.89. The predicted octanol–water partition coefficient (Wildman–Crippen LogP) is 3.14. The van der Waals surface area contributed by atoms with Crippen molar-refractivity contribution < 1.29 is 9.59 Å². The highest BCUT2D eigenvalue weighted by molar-refractivity contribution is 9.10. The highest BCUT2D eigenvalue weighted by atomic mass is 79.9. The standard InChI is InChI=1S/C21H28BrN3O2/c22-17-9-7-16(8-10-17)20(26)25-11-3-6-19(25)21(27)24-14-12-23(13-15-24)18-4-1-2-5-18/h7-10,18-19H,1-6,11-15H2. The van der Waals surface area contributed by atoms with Crippen LogP contribution in [0.1, 0.15) is 48.9 Å². The van der Waals surface area contributed by atoms with Gasteiger partial charge in [0.05, 0.1) is 0 Å². The van der Waals surface area contributed by atoms with E-state index in [9.17, 15) is 9.59 Å². The summed E-state index contributed by atoms with van der Waals surface area (Å²) in [6.07, 6.45) is 7.00. The normalized spacial score (nSPS) is 24.6. The molecule has 1 aliphatic carbocycles. The van der Waals surface area contributed by atoms with E-state index in [1.165, 1.54) is 25.7 Å². The van der Waals surface area contributed by atoms with E-state index < -0.39 is 0 Å². The first-order valence-corrected chi connectivity index (χ1v) is 11.0. The second-order valence-corrected chi connectivity index (χ2v) is 8.88. The summed E-state index contributed by atoms with van der Waals surface area (Å²) in [5, 5.41) is 0. The van der Waals surface area contributed by atoms with Crippen LogP contribution in [0.4, 0.5) is 0 Å². The summed E-state index contributed by atoms with van der Waals surface area (Å²) in [6.45, 7) is 4.22. The lowest BCUT2D eigenvalue weighted by Gasteiger charge is -2.39. The Morgan fingerprint density at radius 2 is 1.52 bits per heavy atom. The van der Waals surface area contributed by atoms with Crippen molar-refractivity contribution in [3.8, 4) is 0 Å². The molecule has 2 amide bonds. The molecular weight excluding hydrogens is 406 g/mol. The SMILES string of the molecule is O=C(C1CCCN1C(=O)c1ccc(Br)cc1)N1CCN(C2CCCC2)CC1. The Kier molecular flexibility index (Phi) is 5.83. The third kappa shape index (κ3) is 4.06. The fourth-order valence-corrected chi connectivity index (χ4v) is 5.08. The molecule has 3 aliphatic rings. The molecule has 2 heterocycles. The van der Waals surface area contributed by atoms with Gasteiger partial charge in [-0.15, -0.1) is 0 Å². The first-order valence-electron chi connectivity index (χ1n) is 10.2. The van der Waals surface area contributed by atoms with E-state index in [4.69, 9.17) is 0 Å². The molecule has 146 valence electrons. The molecule has 5 nitrogen and oxygen atoms in total. The van der Waals surface area contributed by atoms with Crippen LogP contribution in [-0.2, 0) is 4.79 Å². The molecule has 0 aromatic heterocycles. The lowest BCUT2D eigenvalue weighted by molar-refractivity contribution is -0.137. The van der Waals surface area contributed by atoms with Crippen LogP contribution in [0.5, 0.6) is 0 Å². The minimum Gasteiger partial charge on any atom is -0.338 e. The Bertz CT molecular complexity index is 679. The van der Waals surface area contributed by atoms with Gasteiger partial charge in [-0.3, -0.25) is 14.5 Å². The minimum atomic E-state index is -0.292. The van der Waals surface area contributed by atoms with Gasteiger partial charge in [-0.1, -0.05) is 28.8 Å². The van der Waals surface area contributed by atoms with E-state index in [1.807, 2.05) is 29.2 Å². The van der Waals surface area contributed by atoms with Gasteiger partial charge in [-0.2, -0.15) is 0 Å². The van der Waals surface area contributed by atoms with Crippen LogP contribution < -0.4 is 0 Å². The number of carbonyl (C=O) groups excluding carboxylic acids is 2. The predicted molar refractivity (Wildman–Crippen MR) is 109 cm³/mol. The highest BCUT2D eigenvalue weighted by Crippen LogP contribution is 2.26. The molecule has 4 rings (SSSR count). The Balaban J connectivity index is 1.37. The molecule has 1 aromatic rings. The van der Waals surface area contributed by atoms with Crippen molar-refractivity contribution in [3.05, 3.63) is 34.3 Å². The average Bonchev–Trinajstić information content (AvgIpc) is 3.40. The van der Waals surface area contributed by atoms with Crippen molar-refractivity contribution in [2.75, 3.05) is 32.7 Å². The lowest BCUT2D eigenvalue weighted by atomic mass is 10.1. The van der Waals surface area contributed by atoms with Crippen LogP contribution in [0.2, 0.25) is 0 Å². The molecule has 6 heteroatoms. The molecule has 1 atom stereocenters. The van der Waals surface area contributed by atoms with Crippen LogP contribution in [-0.4, -0.2) is 71.3 Å². The first-order chi connectivity index (χ1) is 13.1. The van der Waals surface area contributed by atoms with Crippen molar-refractivity contribution in [1.29, 1.82) is 0 Å². The largest absolute Gasteiger partial charge is 0.338 e. The van der Waals surface area contributed by atoms with E-state index >= 15 is 0 Å². The van der Waals surface area contributed by atoms with E-state index in [-0.39, 0.29) is 17.9 Å². The van der Waals surface area contributed by atoms with Gasteiger partial charge in [0.1, 0.15) is 6.04 Å². The Morgan fingerprint density at radius 3 is 2.19 bits per heavy atom. The van der Waals surface area contributed by atoms with Gasteiger partial charge < -0.3 is 9.80 Å². The van der Waals surface area contributed by atoms with Crippen molar-refractivity contribution in [2.45, 2.75) is 50.6 Å². The number of halogens is 1. The molecule has 0 radical (unpaired) electrons. The zero-order valence-electron chi connectivity index (χ0n) is 15.8. The molecule has 0 N–H and O–H groups in total. The molecule has 3 fully saturated rings. The van der Waals surface area contributed by atoms with E-state index in [1.54, 1.807) is 4.90 Å². The summed E-state index contributed by atoms with van der Waals surface area (Å²) in [4.78, 5) is 32.4. The molecular formula is C21H28BrN3O2. The summed E-state index contributed by atoms with van der Waals surface area (Å²) < 4.78 is 0.952. The van der Waals surface area contributed by atoms with Crippen LogP contribution >= 0.6 is 15.9 Å². The van der Waals surface area contributed by atoms with Crippen LogP contribution in [0.15, 0.2) is 28.7 Å². The maximum atomic E-state index is 13.1. The number of carbonyl (C=O) groups is 2. The maximum Gasteiger partial charge on any atom is 0.254 e. The monoisotopic (exact) mass is 433 g/mol. The second-order valence-electron chi connectivity index (χ2n) is 7.96. The van der Waals surface area contributed by atoms with Gasteiger partial charge >= 0.3 is 0 Å². The topological polar surface area (TPSA) is 43.9 Å². The number of nitrogens with zero attached hydrogens (tertiary/aromatic N) is 3. The molecule has 0 bridgehead atoms. The molecule has 1 saturated carbocycles. The molecule has 0 spiro atoms. The Morgan fingerprint density at radius 1 is 0.852 bits per heavy atom. The fraction of sp³-hybridized carbons (Fsp3) is 0.619. The van der Waals surface area contributed by atoms with Gasteiger partial charge in [0.2, 0.25) is 5.91 Å². The van der Waals surface area contributed by atoms with Crippen LogP contribution in [0.3, 0.4) is 0 Å². The third-order valence-electron chi connectivity index (χ3n) is 6.36.